The number of halogens is 4. The van der Waals surface area contributed by atoms with E-state index in [0.717, 1.165) is 47.1 Å². The van der Waals surface area contributed by atoms with Crippen LogP contribution in [0.4, 0.5) is 24.7 Å². The molecule has 0 unspecified atom stereocenters. The largest absolute Gasteiger partial charge is 0.462 e. The van der Waals surface area contributed by atoms with E-state index in [1.165, 1.54) is 4.90 Å². The number of fused-ring (bicyclic) bond motifs is 2. The topological polar surface area (TPSA) is 81.9 Å². The van der Waals surface area contributed by atoms with Crippen molar-refractivity contribution in [1.29, 1.82) is 0 Å². The third-order valence-corrected chi connectivity index (χ3v) is 10.0. The van der Waals surface area contributed by atoms with Crippen LogP contribution in [0.25, 0.3) is 15.6 Å². The highest BCUT2D eigenvalue weighted by molar-refractivity contribution is 6.36. The maximum absolute atomic E-state index is 13.2. The van der Waals surface area contributed by atoms with Gasteiger partial charge in [0.15, 0.2) is 12.2 Å². The summed E-state index contributed by atoms with van der Waals surface area (Å²) in [5.74, 6) is -0.0438. The lowest BCUT2D eigenvalue weighted by Crippen LogP contribution is -2.58. The summed E-state index contributed by atoms with van der Waals surface area (Å²) < 4.78 is 50.5. The number of piperazine rings is 1. The summed E-state index contributed by atoms with van der Waals surface area (Å²) in [6.07, 6.45) is -5.49. The second-order valence-corrected chi connectivity index (χ2v) is 13.0. The molecule has 4 atom stereocenters. The predicted octanol–water partition coefficient (Wildman–Crippen LogP) is 4.59. The van der Waals surface area contributed by atoms with Gasteiger partial charge in [0, 0.05) is 48.9 Å². The summed E-state index contributed by atoms with van der Waals surface area (Å²) in [7, 11) is 2.08. The normalized spacial score (nSPS) is 24.7. The minimum absolute atomic E-state index is 0.0497. The average Bonchev–Trinajstić information content (AvgIpc) is 3.78. The fourth-order valence-electron chi connectivity index (χ4n) is 7.13. The van der Waals surface area contributed by atoms with Crippen molar-refractivity contribution >= 4 is 39.8 Å². The molecule has 10 nitrogen and oxygen atoms in total. The van der Waals surface area contributed by atoms with Gasteiger partial charge in [0.05, 0.1) is 17.3 Å². The molecule has 0 bridgehead atoms. The Morgan fingerprint density at radius 1 is 1.11 bits per heavy atom. The monoisotopic (exact) mass is 669 g/mol. The zero-order valence-corrected chi connectivity index (χ0v) is 26.7. The van der Waals surface area contributed by atoms with Gasteiger partial charge in [-0.2, -0.15) is 23.1 Å². The number of rotatable bonds is 7. The second kappa shape index (κ2) is 12.6. The molecule has 5 heterocycles. The molecule has 47 heavy (non-hydrogen) atoms. The quantitative estimate of drug-likeness (QED) is 0.267. The van der Waals surface area contributed by atoms with E-state index in [1.807, 2.05) is 35.2 Å². The number of epoxide rings is 1. The lowest BCUT2D eigenvalue weighted by Gasteiger charge is -2.41. The summed E-state index contributed by atoms with van der Waals surface area (Å²) in [6, 6.07) is 11.9. The van der Waals surface area contributed by atoms with Gasteiger partial charge in [0.25, 0.3) is 5.91 Å². The number of aromatic nitrogens is 2. The number of alkyl halides is 3. The van der Waals surface area contributed by atoms with Crippen LogP contribution in [-0.2, 0) is 22.5 Å². The van der Waals surface area contributed by atoms with Crippen molar-refractivity contribution in [3.63, 3.8) is 0 Å². The second-order valence-electron chi connectivity index (χ2n) is 12.6. The van der Waals surface area contributed by atoms with Gasteiger partial charge >= 0.3 is 12.2 Å². The molecule has 3 saturated heterocycles. The molecule has 1 aromatic heterocycles. The number of anilines is 2. The molecule has 4 aliphatic heterocycles. The number of nitrogens with zero attached hydrogens (tertiary/aromatic N) is 7. The van der Waals surface area contributed by atoms with Gasteiger partial charge in [-0.15, -0.1) is 0 Å². The number of likely N-dealkylation sites (N-methyl/N-ethyl adjacent to an activating group) is 1. The third-order valence-electron chi connectivity index (χ3n) is 9.70. The Morgan fingerprint density at radius 2 is 1.91 bits per heavy atom. The molecular weight excluding hydrogens is 635 g/mol. The van der Waals surface area contributed by atoms with Gasteiger partial charge in [-0.3, -0.25) is 4.79 Å². The molecule has 14 heteroatoms. The van der Waals surface area contributed by atoms with Crippen LogP contribution in [0.3, 0.4) is 0 Å². The maximum atomic E-state index is 13.2. The van der Waals surface area contributed by atoms with Gasteiger partial charge in [0.2, 0.25) is 6.54 Å². The van der Waals surface area contributed by atoms with Gasteiger partial charge in [-0.05, 0) is 50.4 Å². The van der Waals surface area contributed by atoms with Crippen LogP contribution in [0.2, 0.25) is 5.02 Å². The summed E-state index contributed by atoms with van der Waals surface area (Å²) in [6.45, 7) is 10.8. The van der Waals surface area contributed by atoms with Gasteiger partial charge < -0.3 is 33.9 Å². The summed E-state index contributed by atoms with van der Waals surface area (Å²) >= 11 is 6.68. The molecule has 0 spiro atoms. The molecular formula is C33H35ClF3N7O3. The standard InChI is InChI=1S/C33H35ClF3N7O3/c1-38-16-22-17-43(14-15-44(22)31(45)28-29(47-28)33(35,36)37)30-23-11-13-42(26-10-4-7-20-6-3-9-24(34)27(20)26)18-25(23)39-32(40-30)46-19-21-8-5-12-41(21)2/h3-4,6-7,9-10,21-22,28-29H,5,8,11-19H2,2H3/t21-,22-,28-,29-/m0/s1. The Labute approximate surface area is 275 Å². The number of hydrogen-bond donors (Lipinski definition) is 0. The highest BCUT2D eigenvalue weighted by Gasteiger charge is 2.63. The van der Waals surface area contributed by atoms with Gasteiger partial charge in [-0.25, -0.2) is 6.57 Å². The molecule has 248 valence electrons. The molecule has 0 radical (unpaired) electrons. The van der Waals surface area contributed by atoms with Crippen LogP contribution in [0.5, 0.6) is 6.01 Å². The fourth-order valence-corrected chi connectivity index (χ4v) is 7.41. The third kappa shape index (κ3) is 6.26. The van der Waals surface area contributed by atoms with E-state index in [-0.39, 0.29) is 31.7 Å². The van der Waals surface area contributed by atoms with E-state index >= 15 is 0 Å². The first-order chi connectivity index (χ1) is 22.6. The number of likely N-dealkylation sites (tertiary alicyclic amines) is 1. The average molecular weight is 670 g/mol. The number of amides is 1. The Hall–Kier alpha value is -3.86. The van der Waals surface area contributed by atoms with Crippen molar-refractivity contribution in [2.24, 2.45) is 0 Å². The van der Waals surface area contributed by atoms with Crippen molar-refractivity contribution < 1.29 is 27.4 Å². The molecule has 1 amide bonds. The number of benzene rings is 2. The van der Waals surface area contributed by atoms with Crippen LogP contribution in [0.1, 0.15) is 24.1 Å². The number of carbonyl (C=O) groups is 1. The molecule has 2 aromatic carbocycles. The highest BCUT2D eigenvalue weighted by atomic mass is 35.5. The van der Waals surface area contributed by atoms with E-state index in [4.69, 9.17) is 37.6 Å². The minimum Gasteiger partial charge on any atom is -0.462 e. The number of ether oxygens (including phenoxy) is 2. The van der Waals surface area contributed by atoms with E-state index in [0.29, 0.717) is 43.5 Å². The first-order valence-electron chi connectivity index (χ1n) is 15.9. The van der Waals surface area contributed by atoms with E-state index in [1.54, 1.807) is 0 Å². The summed E-state index contributed by atoms with van der Waals surface area (Å²) in [5, 5.41) is 2.70. The van der Waals surface area contributed by atoms with Crippen molar-refractivity contribution in [3.8, 4) is 6.01 Å². The smallest absolute Gasteiger partial charge is 0.417 e. The van der Waals surface area contributed by atoms with Crippen molar-refractivity contribution in [1.82, 2.24) is 19.8 Å². The Kier molecular flexibility index (Phi) is 8.53. The molecule has 3 fully saturated rings. The van der Waals surface area contributed by atoms with Crippen LogP contribution < -0.4 is 14.5 Å². The number of hydrogen-bond acceptors (Lipinski definition) is 8. The fraction of sp³-hybridized carbons (Fsp3) is 0.515. The molecule has 0 N–H and O–H groups in total. The lowest BCUT2D eigenvalue weighted by molar-refractivity contribution is -0.148. The Balaban J connectivity index is 1.18. The molecule has 0 saturated carbocycles. The minimum atomic E-state index is -4.60. The van der Waals surface area contributed by atoms with Crippen molar-refractivity contribution in [2.75, 3.05) is 62.7 Å². The summed E-state index contributed by atoms with van der Waals surface area (Å²) in [5.41, 5.74) is 2.79. The van der Waals surface area contributed by atoms with Crippen molar-refractivity contribution in [3.05, 3.63) is 64.1 Å². The first-order valence-corrected chi connectivity index (χ1v) is 16.3. The Morgan fingerprint density at radius 3 is 2.64 bits per heavy atom. The molecule has 4 aliphatic rings. The SMILES string of the molecule is [C-]#[N+]C[C@H]1CN(c2nc(OC[C@@H]3CCCN3C)nc3c2CCN(c2cccc4cccc(Cl)c24)C3)CCN1C(=O)[C@H]1O[C@@H]1C(F)(F)F. The highest BCUT2D eigenvalue weighted by Crippen LogP contribution is 2.40. The first kappa shape index (κ1) is 31.7. The van der Waals surface area contributed by atoms with Crippen LogP contribution in [-0.4, -0.2) is 109 Å². The summed E-state index contributed by atoms with van der Waals surface area (Å²) in [4.78, 5) is 34.3. The molecule has 3 aromatic rings. The Bertz CT molecular complexity index is 1710. The lowest BCUT2D eigenvalue weighted by atomic mass is 10.0. The van der Waals surface area contributed by atoms with Crippen LogP contribution in [0.15, 0.2) is 36.4 Å². The molecule has 0 aliphatic carbocycles. The van der Waals surface area contributed by atoms with E-state index < -0.39 is 30.3 Å². The van der Waals surface area contributed by atoms with Crippen LogP contribution in [0, 0.1) is 6.57 Å². The van der Waals surface area contributed by atoms with E-state index in [9.17, 15) is 18.0 Å². The number of carbonyl (C=O) groups excluding carboxylic acids is 1. The zero-order chi connectivity index (χ0) is 32.9. The van der Waals surface area contributed by atoms with Crippen LogP contribution >= 0.6 is 11.6 Å². The zero-order valence-electron chi connectivity index (χ0n) is 25.9. The van der Waals surface area contributed by atoms with Gasteiger partial charge in [0.1, 0.15) is 18.5 Å². The predicted molar refractivity (Wildman–Crippen MR) is 171 cm³/mol. The van der Waals surface area contributed by atoms with Gasteiger partial charge in [-0.1, -0.05) is 35.9 Å². The maximum Gasteiger partial charge on any atom is 0.417 e. The van der Waals surface area contributed by atoms with E-state index in [2.05, 4.69) is 27.8 Å². The molecule has 7 rings (SSSR count). The van der Waals surface area contributed by atoms with Crippen molar-refractivity contribution in [2.45, 2.75) is 56.3 Å².